The van der Waals surface area contributed by atoms with Crippen LogP contribution in [0.25, 0.3) is 0 Å². The molecular formula is C16H31NO2. The third-order valence-electron chi connectivity index (χ3n) is 4.31. The van der Waals surface area contributed by atoms with Crippen molar-refractivity contribution in [1.82, 2.24) is 5.32 Å². The number of methoxy groups -OCH3 is 1. The van der Waals surface area contributed by atoms with Gasteiger partial charge in [0.2, 0.25) is 0 Å². The Morgan fingerprint density at radius 3 is 2.42 bits per heavy atom. The zero-order valence-corrected chi connectivity index (χ0v) is 12.9. The smallest absolute Gasteiger partial charge is 0.322 e. The largest absolute Gasteiger partial charge is 0.468 e. The summed E-state index contributed by atoms with van der Waals surface area (Å²) in [6.07, 6.45) is 10.8. The molecule has 0 saturated heterocycles. The number of nitrogens with one attached hydrogen (secondary N) is 1. The summed E-state index contributed by atoms with van der Waals surface area (Å²) < 4.78 is 4.91. The first-order chi connectivity index (χ1) is 9.21. The summed E-state index contributed by atoms with van der Waals surface area (Å²) in [5.41, 5.74) is 0. The van der Waals surface area contributed by atoms with Crippen LogP contribution in [0.4, 0.5) is 0 Å². The maximum absolute atomic E-state index is 11.8. The fraction of sp³-hybridized carbons (Fsp3) is 0.938. The predicted octanol–water partition coefficient (Wildman–Crippen LogP) is 3.67. The monoisotopic (exact) mass is 269 g/mol. The maximum Gasteiger partial charge on any atom is 0.322 e. The number of esters is 1. The summed E-state index contributed by atoms with van der Waals surface area (Å²) in [4.78, 5) is 11.8. The van der Waals surface area contributed by atoms with Crippen molar-refractivity contribution in [3.05, 3.63) is 0 Å². The van der Waals surface area contributed by atoms with E-state index in [2.05, 4.69) is 19.2 Å². The van der Waals surface area contributed by atoms with Gasteiger partial charge in [-0.25, -0.2) is 0 Å². The van der Waals surface area contributed by atoms with E-state index in [0.717, 1.165) is 25.2 Å². The van der Waals surface area contributed by atoms with E-state index in [1.165, 1.54) is 45.6 Å². The van der Waals surface area contributed by atoms with Gasteiger partial charge in [-0.05, 0) is 38.0 Å². The highest BCUT2D eigenvalue weighted by molar-refractivity contribution is 5.75. The first kappa shape index (κ1) is 16.5. The molecule has 0 amide bonds. The molecule has 0 aromatic heterocycles. The standard InChI is InChI=1S/C16H31NO2/c1-4-6-8-15(16(18)19-3)17-14-11-9-13(7-5-2)10-12-14/h13-15,17H,4-12H2,1-3H3. The first-order valence-electron chi connectivity index (χ1n) is 8.05. The lowest BCUT2D eigenvalue weighted by molar-refractivity contribution is -0.143. The van der Waals surface area contributed by atoms with Crippen molar-refractivity contribution in [2.24, 2.45) is 5.92 Å². The Hall–Kier alpha value is -0.570. The van der Waals surface area contributed by atoms with Crippen LogP contribution < -0.4 is 5.32 Å². The molecule has 1 aliphatic carbocycles. The molecule has 0 aliphatic heterocycles. The molecule has 112 valence electrons. The highest BCUT2D eigenvalue weighted by Crippen LogP contribution is 2.28. The lowest BCUT2D eigenvalue weighted by atomic mass is 9.83. The molecule has 1 atom stereocenters. The average Bonchev–Trinajstić information content (AvgIpc) is 2.44. The molecule has 1 rings (SSSR count). The molecule has 1 aliphatic rings. The van der Waals surface area contributed by atoms with Crippen LogP contribution in [0.3, 0.4) is 0 Å². The van der Waals surface area contributed by atoms with Gasteiger partial charge in [0.05, 0.1) is 7.11 Å². The molecule has 0 bridgehead atoms. The quantitative estimate of drug-likeness (QED) is 0.683. The molecule has 0 spiro atoms. The maximum atomic E-state index is 11.8. The molecule has 0 radical (unpaired) electrons. The summed E-state index contributed by atoms with van der Waals surface area (Å²) in [5, 5.41) is 3.53. The van der Waals surface area contributed by atoms with Crippen LogP contribution in [0.5, 0.6) is 0 Å². The van der Waals surface area contributed by atoms with E-state index in [4.69, 9.17) is 4.74 Å². The molecule has 3 nitrogen and oxygen atoms in total. The molecule has 0 aromatic carbocycles. The number of hydrogen-bond acceptors (Lipinski definition) is 3. The van der Waals surface area contributed by atoms with Gasteiger partial charge in [-0.3, -0.25) is 4.79 Å². The van der Waals surface area contributed by atoms with Crippen LogP contribution in [0.2, 0.25) is 0 Å². The Bertz CT molecular complexity index is 247. The topological polar surface area (TPSA) is 38.3 Å². The predicted molar refractivity (Wildman–Crippen MR) is 79.1 cm³/mol. The number of hydrogen-bond donors (Lipinski definition) is 1. The summed E-state index contributed by atoms with van der Waals surface area (Å²) in [7, 11) is 1.49. The van der Waals surface area contributed by atoms with Gasteiger partial charge in [-0.2, -0.15) is 0 Å². The van der Waals surface area contributed by atoms with E-state index in [0.29, 0.717) is 6.04 Å². The molecule has 1 N–H and O–H groups in total. The SMILES string of the molecule is CCCCC(NC1CCC(CCC)CC1)C(=O)OC. The van der Waals surface area contributed by atoms with E-state index in [-0.39, 0.29) is 12.0 Å². The molecule has 19 heavy (non-hydrogen) atoms. The fourth-order valence-electron chi connectivity index (χ4n) is 3.13. The Balaban J connectivity index is 2.36. The van der Waals surface area contributed by atoms with E-state index < -0.39 is 0 Å². The number of unbranched alkanes of at least 4 members (excludes halogenated alkanes) is 1. The average molecular weight is 269 g/mol. The fourth-order valence-corrected chi connectivity index (χ4v) is 3.13. The minimum atomic E-state index is -0.0994. The van der Waals surface area contributed by atoms with Gasteiger partial charge in [0.1, 0.15) is 6.04 Å². The van der Waals surface area contributed by atoms with Gasteiger partial charge in [0.15, 0.2) is 0 Å². The zero-order valence-electron chi connectivity index (χ0n) is 12.9. The Morgan fingerprint density at radius 1 is 1.21 bits per heavy atom. The van der Waals surface area contributed by atoms with Crippen LogP contribution in [-0.2, 0) is 9.53 Å². The second-order valence-corrected chi connectivity index (χ2v) is 5.89. The third kappa shape index (κ3) is 5.94. The highest BCUT2D eigenvalue weighted by atomic mass is 16.5. The minimum Gasteiger partial charge on any atom is -0.468 e. The van der Waals surface area contributed by atoms with E-state index in [9.17, 15) is 4.79 Å². The van der Waals surface area contributed by atoms with Crippen molar-refractivity contribution in [3.8, 4) is 0 Å². The van der Waals surface area contributed by atoms with Crippen molar-refractivity contribution in [2.45, 2.75) is 83.7 Å². The van der Waals surface area contributed by atoms with Crippen LogP contribution in [0, 0.1) is 5.92 Å². The van der Waals surface area contributed by atoms with Crippen LogP contribution in [-0.4, -0.2) is 25.2 Å². The van der Waals surface area contributed by atoms with Crippen LogP contribution >= 0.6 is 0 Å². The summed E-state index contributed by atoms with van der Waals surface area (Å²) in [6, 6.07) is 0.409. The first-order valence-corrected chi connectivity index (χ1v) is 8.05. The number of carbonyl (C=O) groups is 1. The summed E-state index contributed by atoms with van der Waals surface area (Å²) in [6.45, 7) is 4.42. The van der Waals surface area contributed by atoms with Gasteiger partial charge in [-0.1, -0.05) is 39.5 Å². The van der Waals surface area contributed by atoms with Crippen molar-refractivity contribution in [3.63, 3.8) is 0 Å². The highest BCUT2D eigenvalue weighted by Gasteiger charge is 2.26. The Labute approximate surface area is 118 Å². The van der Waals surface area contributed by atoms with Gasteiger partial charge in [0.25, 0.3) is 0 Å². The molecule has 0 aromatic rings. The van der Waals surface area contributed by atoms with Gasteiger partial charge in [0, 0.05) is 6.04 Å². The van der Waals surface area contributed by atoms with Crippen molar-refractivity contribution < 1.29 is 9.53 Å². The molecule has 1 saturated carbocycles. The van der Waals surface area contributed by atoms with Gasteiger partial charge in [-0.15, -0.1) is 0 Å². The molecule has 0 heterocycles. The van der Waals surface area contributed by atoms with Crippen LogP contribution in [0.1, 0.15) is 71.6 Å². The van der Waals surface area contributed by atoms with Crippen molar-refractivity contribution in [1.29, 1.82) is 0 Å². The zero-order chi connectivity index (χ0) is 14.1. The number of rotatable bonds is 8. The third-order valence-corrected chi connectivity index (χ3v) is 4.31. The van der Waals surface area contributed by atoms with Crippen molar-refractivity contribution in [2.75, 3.05) is 7.11 Å². The normalized spacial score (nSPS) is 25.0. The van der Waals surface area contributed by atoms with E-state index >= 15 is 0 Å². The molecular weight excluding hydrogens is 238 g/mol. The Kier molecular flexibility index (Phi) is 8.11. The molecule has 1 fully saturated rings. The van der Waals surface area contributed by atoms with Crippen LogP contribution in [0.15, 0.2) is 0 Å². The lowest BCUT2D eigenvalue weighted by Crippen LogP contribution is -2.45. The van der Waals surface area contributed by atoms with E-state index in [1.54, 1.807) is 0 Å². The van der Waals surface area contributed by atoms with Gasteiger partial charge >= 0.3 is 5.97 Å². The number of ether oxygens (including phenoxy) is 1. The second-order valence-electron chi connectivity index (χ2n) is 5.89. The van der Waals surface area contributed by atoms with Gasteiger partial charge < -0.3 is 10.1 Å². The summed E-state index contributed by atoms with van der Waals surface area (Å²) >= 11 is 0. The summed E-state index contributed by atoms with van der Waals surface area (Å²) in [5.74, 6) is 0.819. The second kappa shape index (κ2) is 9.35. The van der Waals surface area contributed by atoms with E-state index in [1.807, 2.05) is 0 Å². The van der Waals surface area contributed by atoms with Crippen molar-refractivity contribution >= 4 is 5.97 Å². The molecule has 1 unspecified atom stereocenters. The molecule has 3 heteroatoms. The number of carbonyl (C=O) groups excluding carboxylic acids is 1. The Morgan fingerprint density at radius 2 is 1.89 bits per heavy atom. The minimum absolute atomic E-state index is 0.0934. The lowest BCUT2D eigenvalue weighted by Gasteiger charge is -2.31.